The summed E-state index contributed by atoms with van der Waals surface area (Å²) in [6, 6.07) is 11.3. The zero-order valence-corrected chi connectivity index (χ0v) is 19.4. The molecule has 1 amide bonds. The van der Waals surface area contributed by atoms with Gasteiger partial charge < -0.3 is 24.2 Å². The van der Waals surface area contributed by atoms with Gasteiger partial charge in [0.25, 0.3) is 5.91 Å². The number of benzene rings is 2. The summed E-state index contributed by atoms with van der Waals surface area (Å²) in [5.41, 5.74) is 0.534. The smallest absolute Gasteiger partial charge is 0.335 e. The number of hydrogen-bond acceptors (Lipinski definition) is 7. The lowest BCUT2D eigenvalue weighted by molar-refractivity contribution is -0.00585. The second-order valence-electron chi connectivity index (χ2n) is 8.79. The molecule has 2 aliphatic rings. The van der Waals surface area contributed by atoms with Crippen LogP contribution < -0.4 is 14.2 Å². The molecule has 9 heteroatoms. The van der Waals surface area contributed by atoms with E-state index < -0.39 is 11.6 Å². The molecule has 1 saturated heterocycles. The molecule has 2 aliphatic heterocycles. The van der Waals surface area contributed by atoms with E-state index in [0.29, 0.717) is 48.7 Å². The van der Waals surface area contributed by atoms with Gasteiger partial charge in [0.1, 0.15) is 28.5 Å². The Morgan fingerprint density at radius 3 is 2.51 bits per heavy atom. The lowest BCUT2D eigenvalue weighted by Crippen LogP contribution is -2.52. The highest BCUT2D eigenvalue weighted by atomic mass is 16.5. The van der Waals surface area contributed by atoms with Gasteiger partial charge in [-0.1, -0.05) is 0 Å². The highest BCUT2D eigenvalue weighted by Crippen LogP contribution is 2.40. The summed E-state index contributed by atoms with van der Waals surface area (Å²) in [5.74, 6) is 0.133. The number of carbonyl (C=O) groups excluding carboxylic acids is 2. The lowest BCUT2D eigenvalue weighted by atomic mass is 9.82. The number of amides is 1. The van der Waals surface area contributed by atoms with Crippen molar-refractivity contribution in [1.82, 2.24) is 9.88 Å². The van der Waals surface area contributed by atoms with Gasteiger partial charge in [0.05, 0.1) is 37.3 Å². The monoisotopic (exact) mass is 476 g/mol. The summed E-state index contributed by atoms with van der Waals surface area (Å²) in [6.07, 6.45) is 1.11. The number of likely N-dealkylation sites (tertiary alicyclic amines) is 1. The van der Waals surface area contributed by atoms with Crippen LogP contribution in [0.1, 0.15) is 50.5 Å². The number of hydrogen-bond donors (Lipinski definition) is 1. The SMILES string of the molecule is COc1ccc2nc(C(=O)N3CCC4(CC3)CC(=O)c3cc(C(=O)O)ccc3O4)cc(OC)c2c1. The zero-order chi connectivity index (χ0) is 24.7. The van der Waals surface area contributed by atoms with Gasteiger partial charge in [-0.05, 0) is 36.4 Å². The number of rotatable bonds is 4. The largest absolute Gasteiger partial charge is 0.497 e. The van der Waals surface area contributed by atoms with Gasteiger partial charge in [-0.25, -0.2) is 9.78 Å². The Morgan fingerprint density at radius 2 is 1.83 bits per heavy atom. The number of carboxylic acids is 1. The highest BCUT2D eigenvalue weighted by Gasteiger charge is 2.44. The minimum atomic E-state index is -1.09. The molecule has 1 fully saturated rings. The molecule has 0 radical (unpaired) electrons. The summed E-state index contributed by atoms with van der Waals surface area (Å²) in [5, 5.41) is 9.95. The van der Waals surface area contributed by atoms with E-state index >= 15 is 0 Å². The summed E-state index contributed by atoms with van der Waals surface area (Å²) in [6.45, 7) is 0.804. The molecular weight excluding hydrogens is 452 g/mol. The quantitative estimate of drug-likeness (QED) is 0.608. The van der Waals surface area contributed by atoms with Crippen LogP contribution in [0, 0.1) is 0 Å². The highest BCUT2D eigenvalue weighted by molar-refractivity contribution is 6.02. The molecule has 3 heterocycles. The van der Waals surface area contributed by atoms with Gasteiger partial charge >= 0.3 is 5.97 Å². The third-order valence-electron chi connectivity index (χ3n) is 6.71. The normalized spacial score (nSPS) is 16.5. The summed E-state index contributed by atoms with van der Waals surface area (Å²) in [7, 11) is 3.12. The minimum Gasteiger partial charge on any atom is -0.497 e. The van der Waals surface area contributed by atoms with E-state index in [2.05, 4.69) is 4.98 Å². The number of methoxy groups -OCH3 is 2. The van der Waals surface area contributed by atoms with Crippen molar-refractivity contribution in [3.05, 3.63) is 59.3 Å². The first kappa shape index (κ1) is 22.6. The number of fused-ring (bicyclic) bond motifs is 2. The van der Waals surface area contributed by atoms with E-state index in [1.807, 2.05) is 6.07 Å². The molecule has 1 N–H and O–H groups in total. The van der Waals surface area contributed by atoms with Crippen molar-refractivity contribution in [3.8, 4) is 17.2 Å². The van der Waals surface area contributed by atoms with E-state index in [-0.39, 0.29) is 34.9 Å². The van der Waals surface area contributed by atoms with Crippen LogP contribution in [0.25, 0.3) is 10.9 Å². The Hall–Kier alpha value is -4.14. The average Bonchev–Trinajstić information content (AvgIpc) is 2.87. The summed E-state index contributed by atoms with van der Waals surface area (Å²) < 4.78 is 17.0. The number of ether oxygens (including phenoxy) is 3. The Balaban J connectivity index is 1.34. The molecule has 35 heavy (non-hydrogen) atoms. The Bertz CT molecular complexity index is 1360. The van der Waals surface area contributed by atoms with Crippen LogP contribution in [-0.4, -0.2) is 65.6 Å². The standard InChI is InChI=1S/C26H24N2O7/c1-33-16-4-5-19-17(12-16)23(34-2)13-20(27-19)24(30)28-9-7-26(8-10-28)14-21(29)18-11-15(25(31)32)3-6-22(18)35-26/h3-6,11-13H,7-10,14H2,1-2H3,(H,31,32). The second-order valence-corrected chi connectivity index (χ2v) is 8.79. The first-order valence-electron chi connectivity index (χ1n) is 11.2. The van der Waals surface area contributed by atoms with Crippen molar-refractivity contribution >= 4 is 28.6 Å². The van der Waals surface area contributed by atoms with Crippen molar-refractivity contribution in [2.24, 2.45) is 0 Å². The van der Waals surface area contributed by atoms with Gasteiger partial charge in [-0.3, -0.25) is 9.59 Å². The van der Waals surface area contributed by atoms with Crippen LogP contribution in [0.15, 0.2) is 42.5 Å². The topological polar surface area (TPSA) is 115 Å². The average molecular weight is 476 g/mol. The molecule has 2 aromatic carbocycles. The Labute approximate surface area is 201 Å². The summed E-state index contributed by atoms with van der Waals surface area (Å²) >= 11 is 0. The molecule has 9 nitrogen and oxygen atoms in total. The van der Waals surface area contributed by atoms with Crippen LogP contribution >= 0.6 is 0 Å². The molecule has 180 valence electrons. The zero-order valence-electron chi connectivity index (χ0n) is 19.4. The van der Waals surface area contributed by atoms with E-state index in [1.165, 1.54) is 18.2 Å². The number of Topliss-reactive ketones (excluding diaryl/α,β-unsaturated/α-hetero) is 1. The molecule has 1 aromatic heterocycles. The van der Waals surface area contributed by atoms with Crippen LogP contribution in [0.5, 0.6) is 17.2 Å². The molecule has 3 aromatic rings. The minimum absolute atomic E-state index is 0.0498. The number of pyridine rings is 1. The first-order chi connectivity index (χ1) is 16.8. The molecule has 1 spiro atoms. The fourth-order valence-corrected chi connectivity index (χ4v) is 4.76. The number of carboxylic acid groups (broad SMARTS) is 1. The van der Waals surface area contributed by atoms with E-state index in [1.54, 1.807) is 37.3 Å². The van der Waals surface area contributed by atoms with Crippen molar-refractivity contribution in [2.45, 2.75) is 24.9 Å². The number of piperidine rings is 1. The predicted molar refractivity (Wildman–Crippen MR) is 126 cm³/mol. The van der Waals surface area contributed by atoms with Crippen LogP contribution in [0.3, 0.4) is 0 Å². The van der Waals surface area contributed by atoms with Crippen molar-refractivity contribution in [1.29, 1.82) is 0 Å². The van der Waals surface area contributed by atoms with Gasteiger partial charge in [-0.2, -0.15) is 0 Å². The van der Waals surface area contributed by atoms with Gasteiger partial charge in [0.2, 0.25) is 0 Å². The number of nitrogens with zero attached hydrogens (tertiary/aromatic N) is 2. The molecular formula is C26H24N2O7. The van der Waals surface area contributed by atoms with Crippen molar-refractivity contribution in [2.75, 3.05) is 27.3 Å². The summed E-state index contributed by atoms with van der Waals surface area (Å²) in [4.78, 5) is 43.6. The first-order valence-corrected chi connectivity index (χ1v) is 11.2. The third kappa shape index (κ3) is 4.03. The van der Waals surface area contributed by atoms with Crippen molar-refractivity contribution < 1.29 is 33.7 Å². The fraction of sp³-hybridized carbons (Fsp3) is 0.308. The fourth-order valence-electron chi connectivity index (χ4n) is 4.76. The van der Waals surface area contributed by atoms with Crippen LogP contribution in [0.2, 0.25) is 0 Å². The van der Waals surface area contributed by atoms with Crippen molar-refractivity contribution in [3.63, 3.8) is 0 Å². The third-order valence-corrected chi connectivity index (χ3v) is 6.71. The molecule has 0 atom stereocenters. The predicted octanol–water partition coefficient (Wildman–Crippen LogP) is 3.59. The maximum Gasteiger partial charge on any atom is 0.335 e. The lowest BCUT2D eigenvalue weighted by Gasteiger charge is -2.43. The Kier molecular flexibility index (Phi) is 5.55. The number of ketones is 1. The van der Waals surface area contributed by atoms with Gasteiger partial charge in [-0.15, -0.1) is 0 Å². The number of aromatic nitrogens is 1. The van der Waals surface area contributed by atoms with E-state index in [0.717, 1.165) is 5.39 Å². The van der Waals surface area contributed by atoms with E-state index in [9.17, 15) is 19.5 Å². The van der Waals surface area contributed by atoms with Gasteiger partial charge in [0.15, 0.2) is 5.78 Å². The maximum absolute atomic E-state index is 13.3. The van der Waals surface area contributed by atoms with E-state index in [4.69, 9.17) is 14.2 Å². The number of aromatic carboxylic acids is 1. The van der Waals surface area contributed by atoms with Crippen LogP contribution in [0.4, 0.5) is 0 Å². The molecule has 5 rings (SSSR count). The maximum atomic E-state index is 13.3. The number of carbonyl (C=O) groups is 3. The molecule has 0 aliphatic carbocycles. The molecule has 0 saturated carbocycles. The second kappa shape index (κ2) is 8.57. The molecule has 0 unspecified atom stereocenters. The molecule has 0 bridgehead atoms. The van der Waals surface area contributed by atoms with Crippen LogP contribution in [-0.2, 0) is 0 Å². The Morgan fingerprint density at radius 1 is 1.06 bits per heavy atom. The van der Waals surface area contributed by atoms with Gasteiger partial charge in [0, 0.05) is 37.4 Å².